The number of aryl methyl sites for hydroxylation is 1. The van der Waals surface area contributed by atoms with Crippen LogP contribution in [0.5, 0.6) is 0 Å². The van der Waals surface area contributed by atoms with Crippen LogP contribution < -0.4 is 16.5 Å². The van der Waals surface area contributed by atoms with E-state index in [1.165, 1.54) is 18.3 Å². The minimum absolute atomic E-state index is 0.113. The number of alkyl halides is 2. The number of nitrogens with zero attached hydrogens (tertiary/aromatic N) is 3. The van der Waals surface area contributed by atoms with Crippen LogP contribution in [0.1, 0.15) is 82.0 Å². The van der Waals surface area contributed by atoms with E-state index in [0.717, 1.165) is 48.6 Å². The highest BCUT2D eigenvalue weighted by Crippen LogP contribution is 2.38. The fourth-order valence-electron chi connectivity index (χ4n) is 5.24. The normalized spacial score (nSPS) is 16.6. The molecule has 1 unspecified atom stereocenters. The molecule has 1 aliphatic rings. The molecule has 1 atom stereocenters. The number of ether oxygens (including phenoxy) is 2. The smallest absolute Gasteiger partial charge is 0.407 e. The lowest BCUT2D eigenvalue weighted by Crippen LogP contribution is -2.27. The quantitative estimate of drug-likeness (QED) is 0.0745. The van der Waals surface area contributed by atoms with Gasteiger partial charge in [-0.2, -0.15) is 0 Å². The van der Waals surface area contributed by atoms with Crippen LogP contribution in [0.25, 0.3) is 11.3 Å². The lowest BCUT2D eigenvalue weighted by atomic mass is 9.75. The molecule has 0 aromatic carbocycles. The van der Waals surface area contributed by atoms with Crippen LogP contribution in [0.4, 0.5) is 25.2 Å². The van der Waals surface area contributed by atoms with Crippen LogP contribution in [0, 0.1) is 24.7 Å². The average molecular weight is 657 g/mol. The maximum absolute atomic E-state index is 13.0. The van der Waals surface area contributed by atoms with Crippen LogP contribution in [-0.2, 0) is 19.1 Å². The predicted molar refractivity (Wildman–Crippen MR) is 175 cm³/mol. The fourth-order valence-corrected chi connectivity index (χ4v) is 5.24. The molecule has 1 amide bonds. The Kier molecular flexibility index (Phi) is 14.9. The number of nitrogens with one attached hydrogen (secondary N) is 2. The van der Waals surface area contributed by atoms with Crippen molar-refractivity contribution in [1.82, 2.24) is 20.4 Å². The second-order valence-corrected chi connectivity index (χ2v) is 12.0. The van der Waals surface area contributed by atoms with E-state index in [0.29, 0.717) is 36.1 Å². The fraction of sp³-hybridized carbons (Fsp3) is 0.500. The molecule has 47 heavy (non-hydrogen) atoms. The van der Waals surface area contributed by atoms with Gasteiger partial charge < -0.3 is 25.4 Å². The van der Waals surface area contributed by atoms with Crippen LogP contribution >= 0.6 is 0 Å². The summed E-state index contributed by atoms with van der Waals surface area (Å²) >= 11 is 0. The number of anilines is 2. The maximum atomic E-state index is 13.0. The van der Waals surface area contributed by atoms with Gasteiger partial charge in [0, 0.05) is 42.2 Å². The minimum atomic E-state index is -2.58. The summed E-state index contributed by atoms with van der Waals surface area (Å²) in [5.41, 5.74) is 10.8. The third-order valence-corrected chi connectivity index (χ3v) is 7.97. The zero-order valence-electron chi connectivity index (χ0n) is 27.7. The van der Waals surface area contributed by atoms with Gasteiger partial charge in [-0.05, 0) is 92.8 Å². The van der Waals surface area contributed by atoms with E-state index >= 15 is 0 Å². The van der Waals surface area contributed by atoms with Gasteiger partial charge in [0.05, 0.1) is 18.2 Å². The molecular weight excluding hydrogens is 610 g/mol. The molecule has 0 radical (unpaired) electrons. The first kappa shape index (κ1) is 37.2. The van der Waals surface area contributed by atoms with Gasteiger partial charge in [-0.1, -0.05) is 20.8 Å². The van der Waals surface area contributed by atoms with Gasteiger partial charge in [0.2, 0.25) is 6.79 Å². The van der Waals surface area contributed by atoms with E-state index in [1.54, 1.807) is 13.2 Å². The molecule has 4 rings (SSSR count). The Morgan fingerprint density at radius 2 is 1.74 bits per heavy atom. The highest BCUT2D eigenvalue weighted by atomic mass is 19.3. The van der Waals surface area contributed by atoms with Crippen molar-refractivity contribution in [1.29, 1.82) is 0 Å². The maximum Gasteiger partial charge on any atom is 0.407 e. The van der Waals surface area contributed by atoms with Gasteiger partial charge in [-0.25, -0.2) is 29.0 Å². The van der Waals surface area contributed by atoms with Gasteiger partial charge >= 0.3 is 12.1 Å². The second-order valence-electron chi connectivity index (χ2n) is 12.0. The number of pyridine rings is 3. The molecule has 1 aliphatic carbocycles. The van der Waals surface area contributed by atoms with E-state index in [2.05, 4.69) is 46.3 Å². The largest absolute Gasteiger partial charge is 0.428 e. The van der Waals surface area contributed by atoms with E-state index in [-0.39, 0.29) is 23.4 Å². The molecule has 256 valence electrons. The number of carbonyl (C=O) groups is 2. The Morgan fingerprint density at radius 1 is 1.00 bits per heavy atom. The number of hydroxylamine groups is 1. The molecule has 0 aliphatic heterocycles. The minimum Gasteiger partial charge on any atom is -0.428 e. The number of rotatable bonds is 13. The van der Waals surface area contributed by atoms with E-state index < -0.39 is 19.3 Å². The molecule has 13 heteroatoms. The highest BCUT2D eigenvalue weighted by Gasteiger charge is 2.31. The van der Waals surface area contributed by atoms with Crippen LogP contribution in [-0.4, -0.2) is 47.5 Å². The Labute approximate surface area is 275 Å². The molecule has 3 aromatic rings. The summed E-state index contributed by atoms with van der Waals surface area (Å²) in [7, 11) is 1.78. The topological polar surface area (TPSA) is 151 Å². The van der Waals surface area contributed by atoms with Crippen molar-refractivity contribution in [3.8, 4) is 11.3 Å². The number of amides is 1. The van der Waals surface area contributed by atoms with Crippen molar-refractivity contribution in [2.45, 2.75) is 72.1 Å². The molecule has 3 heterocycles. The van der Waals surface area contributed by atoms with Gasteiger partial charge in [-0.3, -0.25) is 9.78 Å². The summed E-state index contributed by atoms with van der Waals surface area (Å²) in [5, 5.41) is 3.01. The third kappa shape index (κ3) is 12.5. The molecule has 0 spiro atoms. The van der Waals surface area contributed by atoms with Crippen molar-refractivity contribution < 1.29 is 32.7 Å². The SMILES string of the molecule is CNOCCC(C)C.Cc1cc(Nc2cc(C(F)F)ccn2)nc(-c2ccc(C(C)C3CCC(C(=O)OCOC(N)=O)CC3)nc2)c1. The zero-order chi connectivity index (χ0) is 34.3. The molecular formula is C34H46F2N6O5. The monoisotopic (exact) mass is 656 g/mol. The summed E-state index contributed by atoms with van der Waals surface area (Å²) in [5.74, 6) is 1.51. The van der Waals surface area contributed by atoms with Gasteiger partial charge in [0.25, 0.3) is 6.43 Å². The second kappa shape index (κ2) is 18.8. The standard InChI is InChI=1S/C28H31F2N5O4.C6H15NO/c1-16-11-23(34-25(12-16)35-24-13-20(26(29)30)9-10-32-24)21-7-8-22(33-14-21)17(2)18-3-5-19(6-4-18)27(36)38-15-39-28(31)37;1-6(2)4-5-8-7-3/h7-14,17-19,26H,3-6,15H2,1-2H3,(H2,31,37)(H,32,34,35);6-7H,4-5H2,1-3H3. The van der Waals surface area contributed by atoms with E-state index in [9.17, 15) is 18.4 Å². The number of esters is 1. The average Bonchev–Trinajstić information content (AvgIpc) is 3.04. The molecule has 1 saturated carbocycles. The number of hydrogen-bond donors (Lipinski definition) is 3. The number of hydrogen-bond acceptors (Lipinski definition) is 10. The molecule has 0 bridgehead atoms. The number of primary amides is 1. The molecule has 11 nitrogen and oxygen atoms in total. The number of aromatic nitrogens is 3. The molecule has 0 saturated heterocycles. The molecule has 4 N–H and O–H groups in total. The first-order chi connectivity index (χ1) is 22.5. The summed E-state index contributed by atoms with van der Waals surface area (Å²) in [6.07, 6.45) is 3.79. The van der Waals surface area contributed by atoms with Crippen LogP contribution in [0.3, 0.4) is 0 Å². The Morgan fingerprint density at radius 3 is 2.36 bits per heavy atom. The Bertz CT molecular complexity index is 1420. The van der Waals surface area contributed by atoms with E-state index in [1.807, 2.05) is 31.2 Å². The van der Waals surface area contributed by atoms with Gasteiger partial charge in [-0.15, -0.1) is 0 Å². The van der Waals surface area contributed by atoms with Crippen molar-refractivity contribution in [3.63, 3.8) is 0 Å². The molecule has 1 fully saturated rings. The van der Waals surface area contributed by atoms with Crippen LogP contribution in [0.15, 0.2) is 48.8 Å². The number of carbonyl (C=O) groups excluding carboxylic acids is 2. The Hall–Kier alpha value is -4.23. The molecule has 3 aromatic heterocycles. The first-order valence-electron chi connectivity index (χ1n) is 15.8. The lowest BCUT2D eigenvalue weighted by Gasteiger charge is -2.31. The summed E-state index contributed by atoms with van der Waals surface area (Å²) < 4.78 is 35.5. The first-order valence-corrected chi connectivity index (χ1v) is 15.8. The Balaban J connectivity index is 0.000000665. The summed E-state index contributed by atoms with van der Waals surface area (Å²) in [4.78, 5) is 41.1. The number of nitrogens with two attached hydrogens (primary N) is 1. The third-order valence-electron chi connectivity index (χ3n) is 7.97. The van der Waals surface area contributed by atoms with E-state index in [4.69, 9.17) is 20.3 Å². The van der Waals surface area contributed by atoms with Crippen LogP contribution in [0.2, 0.25) is 0 Å². The lowest BCUT2D eigenvalue weighted by molar-refractivity contribution is -0.158. The zero-order valence-corrected chi connectivity index (χ0v) is 27.7. The summed E-state index contributed by atoms with van der Waals surface area (Å²) in [6.45, 7) is 8.78. The summed E-state index contributed by atoms with van der Waals surface area (Å²) in [6, 6.07) is 10.3. The van der Waals surface area contributed by atoms with Crippen molar-refractivity contribution in [3.05, 3.63) is 65.6 Å². The van der Waals surface area contributed by atoms with Gasteiger partial charge in [0.15, 0.2) is 0 Å². The van der Waals surface area contributed by atoms with Crippen molar-refractivity contribution in [2.75, 3.05) is 25.8 Å². The highest BCUT2D eigenvalue weighted by molar-refractivity contribution is 5.72. The van der Waals surface area contributed by atoms with Crippen molar-refractivity contribution >= 4 is 23.7 Å². The van der Waals surface area contributed by atoms with Crippen molar-refractivity contribution in [2.24, 2.45) is 23.5 Å². The number of halogens is 2. The predicted octanol–water partition coefficient (Wildman–Crippen LogP) is 7.22. The van der Waals surface area contributed by atoms with Gasteiger partial charge in [0.1, 0.15) is 11.6 Å².